The van der Waals surface area contributed by atoms with Crippen molar-refractivity contribution >= 4 is 24.3 Å². The van der Waals surface area contributed by atoms with Crippen LogP contribution in [0.25, 0.3) is 0 Å². The summed E-state index contributed by atoms with van der Waals surface area (Å²) in [6.07, 6.45) is 4.97. The van der Waals surface area contributed by atoms with Crippen molar-refractivity contribution in [1.82, 2.24) is 26.6 Å². The van der Waals surface area contributed by atoms with Gasteiger partial charge >= 0.3 is 6.03 Å². The topological polar surface area (TPSA) is 128 Å². The number of carbonyl (C=O) groups is 3. The van der Waals surface area contributed by atoms with Crippen LogP contribution in [0.5, 0.6) is 0 Å². The van der Waals surface area contributed by atoms with Crippen molar-refractivity contribution < 1.29 is 19.2 Å². The van der Waals surface area contributed by atoms with E-state index < -0.39 is 0 Å². The maximum atomic E-state index is 11.2. The molecule has 0 bridgehead atoms. The summed E-state index contributed by atoms with van der Waals surface area (Å²) in [5, 5.41) is 12.5. The molecule has 5 amide bonds. The third-order valence-corrected chi connectivity index (χ3v) is 3.73. The van der Waals surface area contributed by atoms with Crippen LogP contribution in [0.15, 0.2) is 30.3 Å². The molecule has 0 aliphatic carbocycles. The Morgan fingerprint density at radius 1 is 1.00 bits per heavy atom. The molecule has 0 unspecified atom stereocenters. The summed E-state index contributed by atoms with van der Waals surface area (Å²) in [4.78, 5) is 42.0. The molecular weight excluding hydrogens is 643 g/mol. The summed E-state index contributed by atoms with van der Waals surface area (Å²) in [6.45, 7) is 6.39. The summed E-state index contributed by atoms with van der Waals surface area (Å²) in [6, 6.07) is 10.2. The van der Waals surface area contributed by atoms with Gasteiger partial charge in [0.15, 0.2) is 0 Å². The van der Waals surface area contributed by atoms with Gasteiger partial charge in [0.25, 0.3) is 0 Å². The minimum absolute atomic E-state index is 0. The fourth-order valence-electron chi connectivity index (χ4n) is 2.16. The summed E-state index contributed by atoms with van der Waals surface area (Å²) in [7, 11) is 0. The first-order valence-corrected chi connectivity index (χ1v) is 10.2. The second-order valence-corrected chi connectivity index (χ2v) is 6.45. The van der Waals surface area contributed by atoms with Crippen molar-refractivity contribution in [2.45, 2.75) is 39.5 Å². The Morgan fingerprint density at radius 2 is 1.58 bits per heavy atom. The Balaban J connectivity index is 0. The van der Waals surface area contributed by atoms with Crippen LogP contribution in [-0.4, -0.2) is 57.0 Å². The first-order valence-electron chi connectivity index (χ1n) is 10.2. The largest absolute Gasteiger partial charge is 0.522 e. The molecule has 9 nitrogen and oxygen atoms in total. The fraction of sp³-hybridized carbons (Fsp3) is 0.524. The van der Waals surface area contributed by atoms with E-state index in [4.69, 9.17) is 0 Å². The van der Waals surface area contributed by atoms with Crippen molar-refractivity contribution in [3.63, 3.8) is 0 Å². The van der Waals surface area contributed by atoms with Gasteiger partial charge in [-0.2, -0.15) is 6.41 Å². The number of unbranched alkanes of at least 4 members (excludes halogenated alkanes) is 2. The van der Waals surface area contributed by atoms with Crippen LogP contribution in [-0.2, 0) is 14.4 Å². The molecule has 31 heavy (non-hydrogen) atoms. The van der Waals surface area contributed by atoms with Gasteiger partial charge in [-0.3, -0.25) is 9.59 Å². The second kappa shape index (κ2) is 20.6. The van der Waals surface area contributed by atoms with Crippen molar-refractivity contribution in [3.05, 3.63) is 35.9 Å². The molecule has 1 aromatic rings. The van der Waals surface area contributed by atoms with Crippen LogP contribution in [0.4, 0.5) is 4.79 Å². The molecule has 180 valence electrons. The van der Waals surface area contributed by atoms with E-state index in [0.717, 1.165) is 32.4 Å². The molecule has 1 aliphatic rings. The molecule has 0 atom stereocenters. The van der Waals surface area contributed by atoms with E-state index in [1.807, 2.05) is 18.2 Å². The minimum atomic E-state index is -0.298. The van der Waals surface area contributed by atoms with E-state index in [9.17, 15) is 19.2 Å². The van der Waals surface area contributed by atoms with Gasteiger partial charge in [-0.25, -0.2) is 4.79 Å². The van der Waals surface area contributed by atoms with Crippen molar-refractivity contribution in [1.29, 1.82) is 0 Å². The molecular formula is C21H34FmN5O4-. The molecule has 10 heteroatoms. The molecule has 1 saturated heterocycles. The van der Waals surface area contributed by atoms with Crippen LogP contribution < -0.4 is 26.6 Å². The van der Waals surface area contributed by atoms with Crippen LogP contribution in [0, 0.1) is 6.92 Å². The van der Waals surface area contributed by atoms with E-state index >= 15 is 0 Å². The molecule has 1 aliphatic heterocycles. The molecule has 2 rings (SSSR count). The van der Waals surface area contributed by atoms with Crippen LogP contribution >= 0.6 is 0 Å². The Hall–Kier alpha value is -4.10. The monoisotopic (exact) mass is 677 g/mol. The SMILES string of the molecule is CCCCCC(=O)NCCNC(=O)CN[C-]=O.Cc1ccccc1.O=C1NCCN1.[Fm]. The number of rotatable bonds is 10. The van der Waals surface area contributed by atoms with Gasteiger partial charge in [-0.15, -0.1) is 0 Å². The first-order chi connectivity index (χ1) is 14.5. The average Bonchev–Trinajstić information content (AvgIpc) is 3.22. The van der Waals surface area contributed by atoms with Crippen molar-refractivity contribution in [2.75, 3.05) is 32.7 Å². The Morgan fingerprint density at radius 3 is 2.00 bits per heavy atom. The Labute approximate surface area is 178 Å². The summed E-state index contributed by atoms with van der Waals surface area (Å²) >= 11 is 0. The molecule has 0 spiro atoms. The first kappa shape index (κ1) is 29.1. The van der Waals surface area contributed by atoms with Crippen LogP contribution in [0.1, 0.15) is 38.2 Å². The van der Waals surface area contributed by atoms with Gasteiger partial charge in [0.2, 0.25) is 11.8 Å². The number of amides is 5. The molecule has 0 saturated carbocycles. The standard InChI is InChI=1S/C11H20N3O3.C7H8.C3H6N2O.Fm/c1-2-3-4-5-10(16)13-6-7-14-11(17)8-12-9-15;1-7-5-3-2-4-6-7;6-3-4-1-2-5-3;/h2-8H2,1H3,(H,12,15)(H,13,16)(H,14,17);2-6H,1H3;1-2H2,(H2,4,5,6);/q-1;;;. The predicted molar refractivity (Wildman–Crippen MR) is 116 cm³/mol. The van der Waals surface area contributed by atoms with E-state index in [1.165, 1.54) is 12.0 Å². The number of carbonyl (C=O) groups excluding carboxylic acids is 4. The Kier molecular flexibility index (Phi) is 19.4. The fourth-order valence-corrected chi connectivity index (χ4v) is 2.16. The van der Waals surface area contributed by atoms with Crippen molar-refractivity contribution in [2.24, 2.45) is 0 Å². The third-order valence-electron chi connectivity index (χ3n) is 3.73. The van der Waals surface area contributed by atoms with E-state index in [1.54, 1.807) is 0 Å². The van der Waals surface area contributed by atoms with Crippen LogP contribution in [0.2, 0.25) is 0 Å². The number of nitrogens with one attached hydrogen (secondary N) is 5. The van der Waals surface area contributed by atoms with E-state index in [-0.39, 0.29) is 24.4 Å². The molecule has 1 heterocycles. The van der Waals surface area contributed by atoms with Crippen molar-refractivity contribution in [3.8, 4) is 0 Å². The number of hydrogen-bond acceptors (Lipinski definition) is 4. The predicted octanol–water partition coefficient (Wildman–Crippen LogP) is 0.750. The normalized spacial score (nSPS) is 11.0. The minimum Gasteiger partial charge on any atom is -0.522 e. The van der Waals surface area contributed by atoms with Crippen LogP contribution in [0.3, 0.4) is 0 Å². The summed E-state index contributed by atoms with van der Waals surface area (Å²) < 4.78 is 0. The van der Waals surface area contributed by atoms with Gasteiger partial charge < -0.3 is 31.4 Å². The van der Waals surface area contributed by atoms with E-state index in [2.05, 4.69) is 52.6 Å². The number of aryl methyl sites for hydroxylation is 1. The molecule has 1 aromatic carbocycles. The molecule has 1 fully saturated rings. The van der Waals surface area contributed by atoms with Gasteiger partial charge in [-0.05, 0) is 13.3 Å². The van der Waals surface area contributed by atoms with Gasteiger partial charge in [0.05, 0.1) is 6.54 Å². The maximum Gasteiger partial charge on any atom is 0.314 e. The molecule has 0 aromatic heterocycles. The average molecular weight is 678 g/mol. The summed E-state index contributed by atoms with van der Waals surface area (Å²) in [5.74, 6) is -0.291. The number of benzene rings is 1. The zero-order valence-electron chi connectivity index (χ0n) is 18.2. The quantitative estimate of drug-likeness (QED) is 0.142. The third kappa shape index (κ3) is 20.4. The van der Waals surface area contributed by atoms with Gasteiger partial charge in [0.1, 0.15) is 0 Å². The van der Waals surface area contributed by atoms with Gasteiger partial charge in [-0.1, -0.05) is 55.7 Å². The van der Waals surface area contributed by atoms with Gasteiger partial charge in [0, 0.05) is 32.6 Å². The molecule has 0 radical (unpaired) electrons. The number of hydrogen-bond donors (Lipinski definition) is 5. The smallest absolute Gasteiger partial charge is 0.314 e. The summed E-state index contributed by atoms with van der Waals surface area (Å²) in [5.41, 5.74) is 1.32. The maximum absolute atomic E-state index is 11.2. The zero-order chi connectivity index (χ0) is 22.5. The number of urea groups is 1. The molecule has 5 N–H and O–H groups in total. The Bertz CT molecular complexity index is 609. The van der Waals surface area contributed by atoms with E-state index in [0.29, 0.717) is 19.5 Å². The second-order valence-electron chi connectivity index (χ2n) is 6.45. The zero-order valence-corrected chi connectivity index (χ0v) is 20.6.